The lowest BCUT2D eigenvalue weighted by atomic mass is 9.87. The van der Waals surface area contributed by atoms with E-state index in [1.807, 2.05) is 30.3 Å². The number of benzene rings is 1. The summed E-state index contributed by atoms with van der Waals surface area (Å²) >= 11 is 0. The minimum atomic E-state index is -0.320. The van der Waals surface area contributed by atoms with E-state index >= 15 is 0 Å². The molecule has 1 amide bonds. The molecule has 4 heteroatoms. The third kappa shape index (κ3) is 5.55. The van der Waals surface area contributed by atoms with Crippen molar-refractivity contribution < 1.29 is 14.3 Å². The summed E-state index contributed by atoms with van der Waals surface area (Å²) in [6.45, 7) is 6.18. The third-order valence-electron chi connectivity index (χ3n) is 3.94. The summed E-state index contributed by atoms with van der Waals surface area (Å²) in [6.07, 6.45) is 6.47. The number of allylic oxidation sites excluding steroid dienone is 2. The van der Waals surface area contributed by atoms with Crippen LogP contribution >= 0.6 is 0 Å². The predicted octanol–water partition coefficient (Wildman–Crippen LogP) is 3.82. The molecule has 1 aromatic rings. The van der Waals surface area contributed by atoms with E-state index in [-0.39, 0.29) is 29.8 Å². The maximum atomic E-state index is 11.8. The number of hydrogen-bond acceptors (Lipinski definition) is 3. The van der Waals surface area contributed by atoms with Crippen molar-refractivity contribution >= 4 is 17.6 Å². The molecule has 2 rings (SSSR count). The van der Waals surface area contributed by atoms with Crippen LogP contribution in [-0.4, -0.2) is 18.5 Å². The molecule has 4 nitrogen and oxygen atoms in total. The molecular formula is C19H25NO3. The van der Waals surface area contributed by atoms with E-state index in [0.717, 1.165) is 12.8 Å². The number of anilines is 1. The average molecular weight is 315 g/mol. The fourth-order valence-corrected chi connectivity index (χ4v) is 2.53. The Hall–Kier alpha value is -2.10. The van der Waals surface area contributed by atoms with E-state index < -0.39 is 0 Å². The molecule has 1 aliphatic rings. The molecule has 0 heterocycles. The average Bonchev–Trinajstić information content (AvgIpc) is 2.98. The normalized spacial score (nSPS) is 17.1. The van der Waals surface area contributed by atoms with Crippen LogP contribution in [0.3, 0.4) is 0 Å². The van der Waals surface area contributed by atoms with Gasteiger partial charge < -0.3 is 10.1 Å². The monoisotopic (exact) mass is 315 g/mol. The molecule has 124 valence electrons. The summed E-state index contributed by atoms with van der Waals surface area (Å²) in [6, 6.07) is 7.72. The number of carbonyl (C=O) groups is 2. The maximum Gasteiger partial charge on any atom is 0.306 e. The lowest BCUT2D eigenvalue weighted by Crippen LogP contribution is -2.21. The molecule has 1 N–H and O–H groups in total. The van der Waals surface area contributed by atoms with Crippen molar-refractivity contribution in [3.05, 3.63) is 42.0 Å². The first kappa shape index (κ1) is 17.3. The fourth-order valence-electron chi connectivity index (χ4n) is 2.53. The van der Waals surface area contributed by atoms with Gasteiger partial charge in [0, 0.05) is 5.69 Å². The standard InChI is InChI=1S/C19H25NO3/c1-19(2,3)15-8-10-16(11-9-15)20-17(21)13-23-18(22)12-14-6-4-5-7-14/h4,6,8-11,14H,5,7,12-13H2,1-3H3,(H,20,21)/t14-/m0/s1. The lowest BCUT2D eigenvalue weighted by molar-refractivity contribution is -0.147. The second-order valence-corrected chi connectivity index (χ2v) is 7.01. The summed E-state index contributed by atoms with van der Waals surface area (Å²) in [4.78, 5) is 23.5. The highest BCUT2D eigenvalue weighted by atomic mass is 16.5. The number of ether oxygens (including phenoxy) is 1. The molecule has 1 atom stereocenters. The van der Waals surface area contributed by atoms with Crippen molar-refractivity contribution in [3.8, 4) is 0 Å². The highest BCUT2D eigenvalue weighted by Crippen LogP contribution is 2.23. The predicted molar refractivity (Wildman–Crippen MR) is 91.2 cm³/mol. The summed E-state index contributed by atoms with van der Waals surface area (Å²) in [5, 5.41) is 2.74. The van der Waals surface area contributed by atoms with E-state index in [4.69, 9.17) is 4.74 Å². The van der Waals surface area contributed by atoms with Gasteiger partial charge in [-0.3, -0.25) is 9.59 Å². The van der Waals surface area contributed by atoms with Gasteiger partial charge >= 0.3 is 5.97 Å². The largest absolute Gasteiger partial charge is 0.456 e. The van der Waals surface area contributed by atoms with Crippen molar-refractivity contribution in [1.82, 2.24) is 0 Å². The summed E-state index contributed by atoms with van der Waals surface area (Å²) in [5.41, 5.74) is 1.98. The van der Waals surface area contributed by atoms with Crippen molar-refractivity contribution in [1.29, 1.82) is 0 Å². The van der Waals surface area contributed by atoms with Crippen LogP contribution in [0.5, 0.6) is 0 Å². The van der Waals surface area contributed by atoms with E-state index in [0.29, 0.717) is 12.1 Å². The second-order valence-electron chi connectivity index (χ2n) is 7.01. The first-order chi connectivity index (χ1) is 10.8. The number of esters is 1. The molecule has 0 aliphatic heterocycles. The topological polar surface area (TPSA) is 55.4 Å². The van der Waals surface area contributed by atoms with Gasteiger partial charge in [0.2, 0.25) is 0 Å². The summed E-state index contributed by atoms with van der Waals surface area (Å²) in [5.74, 6) is -0.376. The van der Waals surface area contributed by atoms with Crippen molar-refractivity contribution in [2.45, 2.75) is 45.4 Å². The Labute approximate surface area is 137 Å². The number of nitrogens with one attached hydrogen (secondary N) is 1. The van der Waals surface area contributed by atoms with Crippen LogP contribution in [0, 0.1) is 5.92 Å². The Morgan fingerprint density at radius 2 is 1.91 bits per heavy atom. The zero-order chi connectivity index (χ0) is 16.9. The molecule has 0 fully saturated rings. The molecule has 1 aliphatic carbocycles. The highest BCUT2D eigenvalue weighted by Gasteiger charge is 2.16. The van der Waals surface area contributed by atoms with Crippen LogP contribution in [0.25, 0.3) is 0 Å². The minimum absolute atomic E-state index is 0.0761. The Morgan fingerprint density at radius 1 is 1.22 bits per heavy atom. The summed E-state index contributed by atoms with van der Waals surface area (Å²) < 4.78 is 5.03. The summed E-state index contributed by atoms with van der Waals surface area (Å²) in [7, 11) is 0. The van der Waals surface area contributed by atoms with Gasteiger partial charge in [-0.2, -0.15) is 0 Å². The molecule has 0 bridgehead atoms. The van der Waals surface area contributed by atoms with E-state index in [2.05, 4.69) is 32.2 Å². The smallest absolute Gasteiger partial charge is 0.306 e. The Balaban J connectivity index is 1.76. The molecule has 0 saturated heterocycles. The molecule has 0 aromatic heterocycles. The van der Waals surface area contributed by atoms with Crippen molar-refractivity contribution in [2.24, 2.45) is 5.92 Å². The molecule has 0 unspecified atom stereocenters. The maximum absolute atomic E-state index is 11.8. The van der Waals surface area contributed by atoms with Gasteiger partial charge in [0.1, 0.15) is 0 Å². The van der Waals surface area contributed by atoms with Crippen molar-refractivity contribution in [3.63, 3.8) is 0 Å². The molecule has 23 heavy (non-hydrogen) atoms. The van der Waals surface area contributed by atoms with Gasteiger partial charge in [0.15, 0.2) is 6.61 Å². The van der Waals surface area contributed by atoms with Gasteiger partial charge in [-0.25, -0.2) is 0 Å². The number of carbonyl (C=O) groups excluding carboxylic acids is 2. The van der Waals surface area contributed by atoms with Crippen LogP contribution in [0.4, 0.5) is 5.69 Å². The zero-order valence-corrected chi connectivity index (χ0v) is 14.1. The molecule has 0 spiro atoms. The van der Waals surface area contributed by atoms with Crippen LogP contribution in [-0.2, 0) is 19.7 Å². The van der Waals surface area contributed by atoms with Crippen molar-refractivity contribution in [2.75, 3.05) is 11.9 Å². The van der Waals surface area contributed by atoms with Gasteiger partial charge in [0.25, 0.3) is 5.91 Å². The Kier molecular flexibility index (Phi) is 5.59. The van der Waals surface area contributed by atoms with E-state index in [1.54, 1.807) is 0 Å². The molecular weight excluding hydrogens is 290 g/mol. The number of hydrogen-bond donors (Lipinski definition) is 1. The quantitative estimate of drug-likeness (QED) is 0.664. The Morgan fingerprint density at radius 3 is 2.48 bits per heavy atom. The molecule has 0 saturated carbocycles. The van der Waals surface area contributed by atoms with Gasteiger partial charge in [-0.1, -0.05) is 45.1 Å². The second kappa shape index (κ2) is 7.44. The fraction of sp³-hybridized carbons (Fsp3) is 0.474. The highest BCUT2D eigenvalue weighted by molar-refractivity contribution is 5.92. The number of amides is 1. The first-order valence-electron chi connectivity index (χ1n) is 8.07. The van der Waals surface area contributed by atoms with Gasteiger partial charge in [0.05, 0.1) is 6.42 Å². The van der Waals surface area contributed by atoms with Crippen LogP contribution in [0.1, 0.15) is 45.6 Å². The van der Waals surface area contributed by atoms with Crippen LogP contribution in [0.2, 0.25) is 0 Å². The first-order valence-corrected chi connectivity index (χ1v) is 8.07. The lowest BCUT2D eigenvalue weighted by Gasteiger charge is -2.19. The van der Waals surface area contributed by atoms with E-state index in [1.165, 1.54) is 5.56 Å². The third-order valence-corrected chi connectivity index (χ3v) is 3.94. The van der Waals surface area contributed by atoms with Crippen LogP contribution < -0.4 is 5.32 Å². The van der Waals surface area contributed by atoms with Gasteiger partial charge in [-0.05, 0) is 41.9 Å². The zero-order valence-electron chi connectivity index (χ0n) is 14.1. The Bertz CT molecular complexity index is 582. The SMILES string of the molecule is CC(C)(C)c1ccc(NC(=O)COC(=O)C[C@H]2C=CCC2)cc1. The van der Waals surface area contributed by atoms with Gasteiger partial charge in [-0.15, -0.1) is 0 Å². The molecule has 1 aromatic carbocycles. The number of rotatable bonds is 5. The van der Waals surface area contributed by atoms with Crippen LogP contribution in [0.15, 0.2) is 36.4 Å². The minimum Gasteiger partial charge on any atom is -0.456 e. The van der Waals surface area contributed by atoms with E-state index in [9.17, 15) is 9.59 Å². The molecule has 0 radical (unpaired) electrons.